The molecule has 0 aromatic heterocycles. The SMILES string of the molecule is Cc1ccc(F)c(C(F)(F)F)c1.Cc1ccc(F)c(Cl)c1. The summed E-state index contributed by atoms with van der Waals surface area (Å²) in [6.45, 7) is 3.35. The van der Waals surface area contributed by atoms with Crippen molar-refractivity contribution >= 4 is 11.6 Å². The lowest BCUT2D eigenvalue weighted by molar-refractivity contribution is -0.140. The fourth-order valence-electron chi connectivity index (χ4n) is 1.46. The van der Waals surface area contributed by atoms with Crippen LogP contribution >= 0.6 is 11.6 Å². The molecular weight excluding hydrogens is 311 g/mol. The maximum atomic E-state index is 12.5. The number of alkyl halides is 3. The average Bonchev–Trinajstić information content (AvgIpc) is 2.37. The number of aryl methyl sites for hydroxylation is 2. The van der Waals surface area contributed by atoms with E-state index in [0.717, 1.165) is 17.7 Å². The van der Waals surface area contributed by atoms with Crippen LogP contribution in [-0.4, -0.2) is 0 Å². The lowest BCUT2D eigenvalue weighted by atomic mass is 10.1. The summed E-state index contributed by atoms with van der Waals surface area (Å²) in [6, 6.07) is 7.54. The molecule has 0 amide bonds. The molecule has 0 aliphatic carbocycles. The topological polar surface area (TPSA) is 0 Å². The van der Waals surface area contributed by atoms with Crippen LogP contribution in [0.5, 0.6) is 0 Å². The Morgan fingerprint density at radius 1 is 0.810 bits per heavy atom. The maximum Gasteiger partial charge on any atom is 0.419 e. The Kier molecular flexibility index (Phi) is 5.72. The molecule has 0 heterocycles. The molecule has 0 fully saturated rings. The number of benzene rings is 2. The molecule has 0 nitrogen and oxygen atoms in total. The van der Waals surface area contributed by atoms with Gasteiger partial charge in [-0.3, -0.25) is 0 Å². The highest BCUT2D eigenvalue weighted by atomic mass is 35.5. The van der Waals surface area contributed by atoms with Gasteiger partial charge in [0.25, 0.3) is 0 Å². The standard InChI is InChI=1S/C8H6F4.C7H6ClF/c1-5-2-3-7(9)6(4-5)8(10,11)12;1-5-2-3-7(9)6(8)4-5/h2-4H,1H3;2-4H,1H3. The summed E-state index contributed by atoms with van der Waals surface area (Å²) in [6.07, 6.45) is -4.60. The summed E-state index contributed by atoms with van der Waals surface area (Å²) in [5.74, 6) is -1.59. The van der Waals surface area contributed by atoms with Crippen molar-refractivity contribution in [3.63, 3.8) is 0 Å². The molecule has 2 rings (SSSR count). The van der Waals surface area contributed by atoms with Crippen LogP contribution in [0.25, 0.3) is 0 Å². The van der Waals surface area contributed by atoms with E-state index in [-0.39, 0.29) is 10.8 Å². The van der Waals surface area contributed by atoms with Gasteiger partial charge in [-0.25, -0.2) is 8.78 Å². The molecule has 0 spiro atoms. The summed E-state index contributed by atoms with van der Waals surface area (Å²) in [5, 5.41) is 0.190. The van der Waals surface area contributed by atoms with Gasteiger partial charge in [0.05, 0.1) is 10.6 Å². The first kappa shape index (κ1) is 17.4. The van der Waals surface area contributed by atoms with Crippen molar-refractivity contribution in [2.24, 2.45) is 0 Å². The molecule has 0 radical (unpaired) electrons. The zero-order chi connectivity index (χ0) is 16.2. The minimum atomic E-state index is -4.60. The van der Waals surface area contributed by atoms with Crippen LogP contribution in [0.2, 0.25) is 5.02 Å². The van der Waals surface area contributed by atoms with Gasteiger partial charge in [-0.15, -0.1) is 0 Å². The first-order chi connectivity index (χ1) is 9.61. The summed E-state index contributed by atoms with van der Waals surface area (Å²) < 4.78 is 60.9. The van der Waals surface area contributed by atoms with E-state index in [1.54, 1.807) is 12.1 Å². The highest BCUT2D eigenvalue weighted by Gasteiger charge is 2.33. The predicted octanol–water partition coefficient (Wildman–Crippen LogP) is 5.94. The second-order valence-corrected chi connectivity index (χ2v) is 4.81. The van der Waals surface area contributed by atoms with E-state index < -0.39 is 17.6 Å². The monoisotopic (exact) mass is 322 g/mol. The number of rotatable bonds is 0. The van der Waals surface area contributed by atoms with Crippen molar-refractivity contribution in [2.75, 3.05) is 0 Å². The molecule has 0 saturated carbocycles. The van der Waals surface area contributed by atoms with E-state index in [0.29, 0.717) is 5.56 Å². The molecule has 0 N–H and O–H groups in total. The van der Waals surface area contributed by atoms with Crippen molar-refractivity contribution in [2.45, 2.75) is 20.0 Å². The van der Waals surface area contributed by atoms with Gasteiger partial charge in [0.1, 0.15) is 11.6 Å². The number of halogens is 6. The van der Waals surface area contributed by atoms with E-state index in [4.69, 9.17) is 11.6 Å². The molecule has 2 aromatic rings. The molecule has 0 atom stereocenters. The van der Waals surface area contributed by atoms with Crippen molar-refractivity contribution in [1.82, 2.24) is 0 Å². The lowest BCUT2D eigenvalue weighted by Crippen LogP contribution is -2.08. The fraction of sp³-hybridized carbons (Fsp3) is 0.200. The third-order valence-corrected chi connectivity index (χ3v) is 2.79. The Morgan fingerprint density at radius 2 is 1.29 bits per heavy atom. The summed E-state index contributed by atoms with van der Waals surface area (Å²) in [7, 11) is 0. The van der Waals surface area contributed by atoms with Crippen LogP contribution in [0.3, 0.4) is 0 Å². The maximum absolute atomic E-state index is 12.5. The van der Waals surface area contributed by atoms with Gasteiger partial charge >= 0.3 is 6.18 Å². The third kappa shape index (κ3) is 5.34. The smallest absolute Gasteiger partial charge is 0.206 e. The lowest BCUT2D eigenvalue weighted by Gasteiger charge is -2.07. The fourth-order valence-corrected chi connectivity index (χ4v) is 1.69. The molecule has 6 heteroatoms. The Bertz CT molecular complexity index is 620. The minimum absolute atomic E-state index is 0.190. The second kappa shape index (κ2) is 6.89. The Labute approximate surface area is 124 Å². The molecule has 0 bridgehead atoms. The minimum Gasteiger partial charge on any atom is -0.206 e. The van der Waals surface area contributed by atoms with E-state index in [2.05, 4.69) is 0 Å². The Hall–Kier alpha value is -1.62. The second-order valence-electron chi connectivity index (χ2n) is 4.40. The van der Waals surface area contributed by atoms with Crippen molar-refractivity contribution in [3.8, 4) is 0 Å². The van der Waals surface area contributed by atoms with E-state index in [9.17, 15) is 22.0 Å². The van der Waals surface area contributed by atoms with Crippen LogP contribution in [0.1, 0.15) is 16.7 Å². The van der Waals surface area contributed by atoms with Gasteiger partial charge in [0, 0.05) is 0 Å². The van der Waals surface area contributed by atoms with Crippen LogP contribution in [0.4, 0.5) is 22.0 Å². The summed E-state index contributed by atoms with van der Waals surface area (Å²) in [4.78, 5) is 0. The molecule has 0 saturated heterocycles. The summed E-state index contributed by atoms with van der Waals surface area (Å²) in [5.41, 5.74) is 0.160. The number of hydrogen-bond donors (Lipinski definition) is 0. The van der Waals surface area contributed by atoms with E-state index in [1.165, 1.54) is 19.1 Å². The summed E-state index contributed by atoms with van der Waals surface area (Å²) >= 11 is 5.44. The molecular formula is C15H12ClF5. The van der Waals surface area contributed by atoms with Gasteiger partial charge in [0.2, 0.25) is 0 Å². The van der Waals surface area contributed by atoms with Crippen molar-refractivity contribution in [3.05, 3.63) is 69.7 Å². The first-order valence-electron chi connectivity index (χ1n) is 5.86. The molecule has 2 aromatic carbocycles. The molecule has 0 aliphatic heterocycles. The van der Waals surface area contributed by atoms with Crippen LogP contribution in [0, 0.1) is 25.5 Å². The zero-order valence-electron chi connectivity index (χ0n) is 11.2. The van der Waals surface area contributed by atoms with Gasteiger partial charge in [-0.1, -0.05) is 29.3 Å². The Balaban J connectivity index is 0.000000219. The van der Waals surface area contributed by atoms with Crippen LogP contribution < -0.4 is 0 Å². The van der Waals surface area contributed by atoms with Crippen LogP contribution in [0.15, 0.2) is 36.4 Å². The quantitative estimate of drug-likeness (QED) is 0.526. The van der Waals surface area contributed by atoms with Crippen LogP contribution in [-0.2, 0) is 6.18 Å². The molecule has 0 aliphatic rings. The van der Waals surface area contributed by atoms with E-state index >= 15 is 0 Å². The van der Waals surface area contributed by atoms with Gasteiger partial charge in [-0.2, -0.15) is 13.2 Å². The molecule has 0 unspecified atom stereocenters. The van der Waals surface area contributed by atoms with Gasteiger partial charge < -0.3 is 0 Å². The Morgan fingerprint density at radius 3 is 1.67 bits per heavy atom. The van der Waals surface area contributed by atoms with Gasteiger partial charge in [0.15, 0.2) is 0 Å². The normalized spacial score (nSPS) is 10.9. The van der Waals surface area contributed by atoms with E-state index in [1.807, 2.05) is 6.92 Å². The zero-order valence-corrected chi connectivity index (χ0v) is 12.0. The highest BCUT2D eigenvalue weighted by molar-refractivity contribution is 6.30. The third-order valence-electron chi connectivity index (χ3n) is 2.50. The average molecular weight is 323 g/mol. The molecule has 114 valence electrons. The largest absolute Gasteiger partial charge is 0.419 e. The van der Waals surface area contributed by atoms with Gasteiger partial charge in [-0.05, 0) is 43.7 Å². The predicted molar refractivity (Wildman–Crippen MR) is 72.3 cm³/mol. The first-order valence-corrected chi connectivity index (χ1v) is 6.24. The number of hydrogen-bond acceptors (Lipinski definition) is 0. The molecule has 21 heavy (non-hydrogen) atoms. The highest BCUT2D eigenvalue weighted by Crippen LogP contribution is 2.31. The van der Waals surface area contributed by atoms with Crippen molar-refractivity contribution in [1.29, 1.82) is 0 Å². The van der Waals surface area contributed by atoms with Crippen molar-refractivity contribution < 1.29 is 22.0 Å².